The van der Waals surface area contributed by atoms with Gasteiger partial charge in [-0.05, 0) is 32.2 Å². The van der Waals surface area contributed by atoms with E-state index in [-0.39, 0.29) is 12.5 Å². The number of rotatable bonds is 4. The molecule has 19 heavy (non-hydrogen) atoms. The number of nitrogens with one attached hydrogen (secondary N) is 1. The Kier molecular flexibility index (Phi) is 3.28. The summed E-state index contributed by atoms with van der Waals surface area (Å²) in [4.78, 5) is 6.38. The van der Waals surface area contributed by atoms with Crippen molar-refractivity contribution in [1.82, 2.24) is 20.1 Å². The fourth-order valence-electron chi connectivity index (χ4n) is 2.81. The summed E-state index contributed by atoms with van der Waals surface area (Å²) < 4.78 is 26.2. The van der Waals surface area contributed by atoms with Gasteiger partial charge in [0.25, 0.3) is 5.92 Å². The maximum Gasteiger partial charge on any atom is 0.257 e. The highest BCUT2D eigenvalue weighted by Crippen LogP contribution is 2.38. The van der Waals surface area contributed by atoms with Crippen molar-refractivity contribution in [2.24, 2.45) is 0 Å². The second-order valence-electron chi connectivity index (χ2n) is 6.00. The SMILES string of the molecule is CC(F)(F)CN1CCC[C@H](c2n[nH]c(C3CC3)n2)C1. The van der Waals surface area contributed by atoms with Crippen LogP contribution in [0.5, 0.6) is 0 Å². The van der Waals surface area contributed by atoms with Crippen LogP contribution in [0.1, 0.15) is 56.1 Å². The van der Waals surface area contributed by atoms with Gasteiger partial charge in [-0.2, -0.15) is 5.10 Å². The summed E-state index contributed by atoms with van der Waals surface area (Å²) in [5.74, 6) is -0.0835. The zero-order valence-electron chi connectivity index (χ0n) is 11.2. The lowest BCUT2D eigenvalue weighted by atomic mass is 9.97. The fraction of sp³-hybridized carbons (Fsp3) is 0.846. The highest BCUT2D eigenvalue weighted by Gasteiger charge is 2.32. The Morgan fingerprint density at radius 2 is 2.11 bits per heavy atom. The van der Waals surface area contributed by atoms with Crippen LogP contribution in [0.25, 0.3) is 0 Å². The summed E-state index contributed by atoms with van der Waals surface area (Å²) in [5.41, 5.74) is 0. The van der Waals surface area contributed by atoms with E-state index in [9.17, 15) is 8.78 Å². The number of hydrogen-bond donors (Lipinski definition) is 1. The molecule has 0 bridgehead atoms. The molecule has 0 radical (unpaired) electrons. The van der Waals surface area contributed by atoms with Crippen molar-refractivity contribution < 1.29 is 8.78 Å². The predicted octanol–water partition coefficient (Wildman–Crippen LogP) is 2.52. The van der Waals surface area contributed by atoms with Crippen molar-refractivity contribution in [1.29, 1.82) is 0 Å². The van der Waals surface area contributed by atoms with Gasteiger partial charge in [0.05, 0.1) is 6.54 Å². The molecular formula is C13H20F2N4. The predicted molar refractivity (Wildman–Crippen MR) is 67.4 cm³/mol. The topological polar surface area (TPSA) is 44.8 Å². The molecule has 0 unspecified atom stereocenters. The number of aromatic amines is 1. The zero-order chi connectivity index (χ0) is 13.5. The van der Waals surface area contributed by atoms with Crippen molar-refractivity contribution in [3.8, 4) is 0 Å². The number of hydrogen-bond acceptors (Lipinski definition) is 3. The van der Waals surface area contributed by atoms with Gasteiger partial charge in [0.1, 0.15) is 5.82 Å². The molecule has 0 aromatic carbocycles. The van der Waals surface area contributed by atoms with E-state index in [2.05, 4.69) is 15.2 Å². The Balaban J connectivity index is 1.63. The zero-order valence-corrected chi connectivity index (χ0v) is 11.2. The summed E-state index contributed by atoms with van der Waals surface area (Å²) in [5, 5.41) is 7.28. The minimum absolute atomic E-state index is 0.163. The summed E-state index contributed by atoms with van der Waals surface area (Å²) in [6.07, 6.45) is 4.31. The van der Waals surface area contributed by atoms with Crippen LogP contribution in [0.3, 0.4) is 0 Å². The van der Waals surface area contributed by atoms with E-state index in [1.54, 1.807) is 0 Å². The number of piperidine rings is 1. The van der Waals surface area contributed by atoms with E-state index in [4.69, 9.17) is 0 Å². The molecule has 1 saturated heterocycles. The van der Waals surface area contributed by atoms with Crippen LogP contribution in [0, 0.1) is 0 Å². The van der Waals surface area contributed by atoms with E-state index < -0.39 is 5.92 Å². The van der Waals surface area contributed by atoms with Crippen LogP contribution >= 0.6 is 0 Å². The number of likely N-dealkylation sites (tertiary alicyclic amines) is 1. The molecule has 0 amide bonds. The molecule has 6 heteroatoms. The molecule has 1 aromatic heterocycles. The minimum Gasteiger partial charge on any atom is -0.297 e. The Labute approximate surface area is 111 Å². The van der Waals surface area contributed by atoms with Gasteiger partial charge in [0.2, 0.25) is 0 Å². The van der Waals surface area contributed by atoms with E-state index in [1.807, 2.05) is 4.90 Å². The van der Waals surface area contributed by atoms with Gasteiger partial charge >= 0.3 is 0 Å². The lowest BCUT2D eigenvalue weighted by molar-refractivity contribution is -0.0209. The van der Waals surface area contributed by atoms with Crippen molar-refractivity contribution in [2.75, 3.05) is 19.6 Å². The monoisotopic (exact) mass is 270 g/mol. The first-order valence-corrected chi connectivity index (χ1v) is 7.03. The molecule has 0 spiro atoms. The van der Waals surface area contributed by atoms with Gasteiger partial charge in [0.15, 0.2) is 5.82 Å². The minimum atomic E-state index is -2.62. The van der Waals surface area contributed by atoms with E-state index in [0.717, 1.165) is 38.0 Å². The molecule has 1 aliphatic heterocycles. The van der Waals surface area contributed by atoms with Gasteiger partial charge in [0, 0.05) is 25.3 Å². The van der Waals surface area contributed by atoms with Gasteiger partial charge in [-0.25, -0.2) is 13.8 Å². The van der Waals surface area contributed by atoms with Crippen LogP contribution in [-0.4, -0.2) is 45.6 Å². The molecule has 4 nitrogen and oxygen atoms in total. The molecule has 106 valence electrons. The summed E-state index contributed by atoms with van der Waals surface area (Å²) >= 11 is 0. The molecule has 1 atom stereocenters. The first-order valence-electron chi connectivity index (χ1n) is 7.03. The highest BCUT2D eigenvalue weighted by atomic mass is 19.3. The smallest absolute Gasteiger partial charge is 0.257 e. The number of halogens is 2. The molecule has 2 heterocycles. The normalized spacial score (nSPS) is 25.7. The molecule has 1 aromatic rings. The van der Waals surface area contributed by atoms with Crippen molar-refractivity contribution in [3.05, 3.63) is 11.6 Å². The number of alkyl halides is 2. The third-order valence-corrected chi connectivity index (χ3v) is 3.86. The first-order chi connectivity index (χ1) is 9.01. The molecule has 3 rings (SSSR count). The summed E-state index contributed by atoms with van der Waals surface area (Å²) in [6, 6.07) is 0. The van der Waals surface area contributed by atoms with Crippen LogP contribution in [-0.2, 0) is 0 Å². The highest BCUT2D eigenvalue weighted by molar-refractivity contribution is 5.08. The third-order valence-electron chi connectivity index (χ3n) is 3.86. The maximum atomic E-state index is 13.1. The van der Waals surface area contributed by atoms with Crippen LogP contribution in [0.4, 0.5) is 8.78 Å². The van der Waals surface area contributed by atoms with Gasteiger partial charge in [-0.3, -0.25) is 10.00 Å². The molecule has 1 N–H and O–H groups in total. The molecular weight excluding hydrogens is 250 g/mol. The van der Waals surface area contributed by atoms with E-state index in [1.165, 1.54) is 12.8 Å². The van der Waals surface area contributed by atoms with Gasteiger partial charge < -0.3 is 0 Å². The average Bonchev–Trinajstić information content (AvgIpc) is 3.05. The lowest BCUT2D eigenvalue weighted by Gasteiger charge is -2.32. The maximum absolute atomic E-state index is 13.1. The molecule has 2 fully saturated rings. The quantitative estimate of drug-likeness (QED) is 0.914. The Morgan fingerprint density at radius 3 is 2.79 bits per heavy atom. The van der Waals surface area contributed by atoms with Crippen molar-refractivity contribution >= 4 is 0 Å². The average molecular weight is 270 g/mol. The Bertz CT molecular complexity index is 436. The fourth-order valence-corrected chi connectivity index (χ4v) is 2.81. The van der Waals surface area contributed by atoms with Crippen molar-refractivity contribution in [3.63, 3.8) is 0 Å². The van der Waals surface area contributed by atoms with Gasteiger partial charge in [-0.1, -0.05) is 0 Å². The van der Waals surface area contributed by atoms with Crippen molar-refractivity contribution in [2.45, 2.75) is 50.4 Å². The molecule has 1 saturated carbocycles. The van der Waals surface area contributed by atoms with E-state index in [0.29, 0.717) is 12.5 Å². The van der Waals surface area contributed by atoms with Gasteiger partial charge in [-0.15, -0.1) is 0 Å². The van der Waals surface area contributed by atoms with Crippen LogP contribution in [0.2, 0.25) is 0 Å². The summed E-state index contributed by atoms with van der Waals surface area (Å²) in [6.45, 7) is 2.21. The third kappa shape index (κ3) is 3.29. The molecule has 2 aliphatic rings. The Morgan fingerprint density at radius 1 is 1.32 bits per heavy atom. The van der Waals surface area contributed by atoms with E-state index >= 15 is 0 Å². The first kappa shape index (κ1) is 13.0. The summed E-state index contributed by atoms with van der Waals surface area (Å²) in [7, 11) is 0. The number of nitrogens with zero attached hydrogens (tertiary/aromatic N) is 3. The standard InChI is InChI=1S/C13H20F2N4/c1-13(14,15)8-19-6-2-3-10(7-19)12-16-11(17-18-12)9-4-5-9/h9-10H,2-8H2,1H3,(H,16,17,18)/t10-/m0/s1. The number of aromatic nitrogens is 3. The second kappa shape index (κ2) is 4.81. The van der Waals surface area contributed by atoms with Crippen LogP contribution in [0.15, 0.2) is 0 Å². The molecule has 1 aliphatic carbocycles. The Hall–Kier alpha value is -1.04. The van der Waals surface area contributed by atoms with Crippen LogP contribution < -0.4 is 0 Å². The second-order valence-corrected chi connectivity index (χ2v) is 6.00. The largest absolute Gasteiger partial charge is 0.297 e. The number of H-pyrrole nitrogens is 1. The lowest BCUT2D eigenvalue weighted by Crippen LogP contribution is -2.41.